The number of anilines is 1. The van der Waals surface area contributed by atoms with Gasteiger partial charge in [0.15, 0.2) is 0 Å². The van der Waals surface area contributed by atoms with E-state index < -0.39 is 64.4 Å². The number of hydrogen-bond donors (Lipinski definition) is 5. The fourth-order valence-electron chi connectivity index (χ4n) is 23.5. The van der Waals surface area contributed by atoms with Gasteiger partial charge in [-0.25, -0.2) is 39.5 Å². The molecule has 16 nitrogen and oxygen atoms in total. The lowest BCUT2D eigenvalue weighted by Crippen LogP contribution is -2.56. The molecule has 2 aliphatic carbocycles. The highest BCUT2D eigenvalue weighted by molar-refractivity contribution is 5.87. The highest BCUT2D eigenvalue weighted by atomic mass is 19.2. The normalized spacial score (nSPS) is 23.6. The third kappa shape index (κ3) is 21.6. The summed E-state index contributed by atoms with van der Waals surface area (Å²) in [6.45, 7) is 33.1. The lowest BCUT2D eigenvalue weighted by atomic mass is 9.75. The fourth-order valence-corrected chi connectivity index (χ4v) is 23.5. The van der Waals surface area contributed by atoms with Gasteiger partial charge < -0.3 is 44.3 Å². The van der Waals surface area contributed by atoms with Gasteiger partial charge in [-0.2, -0.15) is 0 Å². The number of aromatic amines is 3. The second-order valence-corrected chi connectivity index (χ2v) is 43.6. The van der Waals surface area contributed by atoms with Gasteiger partial charge in [0, 0.05) is 241 Å². The van der Waals surface area contributed by atoms with Crippen LogP contribution in [0.25, 0.3) is 32.7 Å². The summed E-state index contributed by atoms with van der Waals surface area (Å²) < 4.78 is 175. The van der Waals surface area contributed by atoms with E-state index >= 15 is 30.7 Å². The van der Waals surface area contributed by atoms with Crippen molar-refractivity contribution in [1.29, 1.82) is 0 Å². The van der Waals surface area contributed by atoms with E-state index in [1.807, 2.05) is 84.6 Å². The Labute approximate surface area is 812 Å². The summed E-state index contributed by atoms with van der Waals surface area (Å²) in [6, 6.07) is 43.4. The van der Waals surface area contributed by atoms with Crippen LogP contribution < -0.4 is 24.3 Å². The number of piperidine rings is 1. The van der Waals surface area contributed by atoms with Crippen molar-refractivity contribution in [2.75, 3.05) is 117 Å². The van der Waals surface area contributed by atoms with Crippen LogP contribution in [0.4, 0.5) is 49.6 Å². The van der Waals surface area contributed by atoms with Crippen molar-refractivity contribution >= 4 is 38.4 Å². The summed E-state index contributed by atoms with van der Waals surface area (Å²) in [6.07, 6.45) is 11.7. The van der Waals surface area contributed by atoms with Gasteiger partial charge in [-0.15, -0.1) is 0 Å². The van der Waals surface area contributed by atoms with Crippen molar-refractivity contribution < 1.29 is 68.0 Å². The molecule has 139 heavy (non-hydrogen) atoms. The van der Waals surface area contributed by atoms with Crippen molar-refractivity contribution in [2.45, 2.75) is 244 Å². The first-order valence-electron chi connectivity index (χ1n) is 50.9. The molecule has 10 atom stereocenters. The first-order valence-corrected chi connectivity index (χ1v) is 50.9. The predicted octanol–water partition coefficient (Wildman–Crippen LogP) is 23.6. The first kappa shape index (κ1) is 99.5. The Hall–Kier alpha value is -9.64. The number of nitrogens with zero attached hydrogens (tertiary/aromatic N) is 7. The zero-order valence-corrected chi connectivity index (χ0v) is 82.6. The van der Waals surface area contributed by atoms with Gasteiger partial charge in [0.25, 0.3) is 0 Å². The molecule has 2 unspecified atom stereocenters. The number of fused-ring (bicyclic) bond motifs is 12. The molecule has 0 bridgehead atoms. The number of para-hydroxylation sites is 4. The predicted molar refractivity (Wildman–Crippen MR) is 531 cm³/mol. The quantitative estimate of drug-likeness (QED) is 0.0298. The number of nitrogens with one attached hydrogen (secondary N) is 4. The Morgan fingerprint density at radius 1 is 0.432 bits per heavy atom. The standard InChI is InChI=1S/C29H36F3N3O2.2C29H37F2N3O.C26H29F3N2O/c1-4-18-14-34(15-18)9-10-37-20-12-23(30)26(24(31)13-20)28-27-22(21-7-5-6-8-25(21)33-27)11-19(16-36)35(28)17-29(2,3)32;1-3-19-16-33(17-19)11-12-35-21-14-24(30)27(25(31)15-21)29-28-23(22-9-4-5-10-26(22)32-28)13-18(2)34(29)20-7-6-8-20;1-19-13-24-22-7-5-6-8-26(22)32-27(24)28(34(19)18-29(2,3)4)23-10-9-21(14-25(23)31)35-12-11-33-16-20(15-30)17-33;1-15-11-19-18-9-4-5-10-22(18)30-24(19)25(31(15)14-26(2,3)29)23-20(27)12-17(13-21(23)28)32-16-7-6-8-16/h5-8,12-13,18-19,28,33,36H,4,9-11,14-17H2,1-3H3;4-5,9-10,14-15,18-20,23,28-29,32H,3,6-8,11-13,16-17H2,1-2H3;5-10,14,19-20,28,32H,11-13,15-18H2,1-4H3;4-5,9-10,12-13,15-16,25,30H,6-8,11,14H2,1-3H3/t19-,28+;18-,23?,28?,29-;19-,28-;15-,25-/m1111/s1. The highest BCUT2D eigenvalue weighted by Gasteiger charge is 2.52. The average molecular weight is 1920 g/mol. The summed E-state index contributed by atoms with van der Waals surface area (Å²) >= 11 is 0. The van der Waals surface area contributed by atoms with E-state index in [9.17, 15) is 18.3 Å². The minimum absolute atomic E-state index is 0.0264. The molecule has 4 saturated heterocycles. The van der Waals surface area contributed by atoms with Crippen LogP contribution in [0.15, 0.2) is 152 Å². The van der Waals surface area contributed by atoms with Crippen LogP contribution in [0.1, 0.15) is 233 Å². The molecule has 6 fully saturated rings. The summed E-state index contributed by atoms with van der Waals surface area (Å²) in [5, 5.41) is 17.1. The monoisotopic (exact) mass is 1920 g/mol. The zero-order valence-electron chi connectivity index (χ0n) is 82.6. The number of alkyl halides is 3. The van der Waals surface area contributed by atoms with Crippen LogP contribution in [0, 0.1) is 63.9 Å². The third-order valence-corrected chi connectivity index (χ3v) is 30.9. The van der Waals surface area contributed by atoms with Crippen LogP contribution in [-0.4, -0.2) is 220 Å². The van der Waals surface area contributed by atoms with E-state index in [-0.39, 0.29) is 126 Å². The maximum Gasteiger partial charge on any atom is 0.135 e. The summed E-state index contributed by atoms with van der Waals surface area (Å²) in [4.78, 5) is 25.6. The number of likely N-dealkylation sites (tertiary alicyclic amines) is 4. The van der Waals surface area contributed by atoms with Gasteiger partial charge in [0.1, 0.15) is 94.9 Å². The fraction of sp³-hybridized carbons (Fsp3) is 0.522. The molecule has 0 spiro atoms. The SMILES string of the molecule is CCC1CN(CCOc2cc(F)c([C@@H]3C4Nc5ccccc5C4C[C@@H](C)N3C3CCC3)c(F)c2)C1.CCC1CN(CCOc2cc(F)c([C@H]3c4[nH]c5ccccc5c4C[C@H](CO)N3CC(C)(C)F)c(F)c2)C1.C[C@@H]1Cc2c([nH]c3ccccc23)[C@@H](c2c(F)cc(OC3CCC3)cc2F)N1CC(C)(C)F.C[C@@H]1Cc2c([nH]c3ccccc23)[C@@H](c2ccc(OCCN3CC(CF)C3)cc2F)N1CC(C)(C)C. The number of aromatic nitrogens is 3. The Morgan fingerprint density at radius 2 is 0.849 bits per heavy atom. The molecule has 5 N–H and O–H groups in total. The zero-order chi connectivity index (χ0) is 97.8. The Bertz CT molecular complexity index is 6030. The Morgan fingerprint density at radius 3 is 1.29 bits per heavy atom. The molecule has 11 aromatic rings. The van der Waals surface area contributed by atoms with Gasteiger partial charge in [0.05, 0.1) is 49.6 Å². The molecular weight excluding hydrogens is 1780 g/mol. The molecule has 0 amide bonds. The number of rotatable bonds is 28. The number of aliphatic hydroxyl groups is 1. The third-order valence-electron chi connectivity index (χ3n) is 30.9. The van der Waals surface area contributed by atoms with Crippen LogP contribution >= 0.6 is 0 Å². The van der Waals surface area contributed by atoms with Gasteiger partial charge in [-0.05, 0) is 176 Å². The lowest BCUT2D eigenvalue weighted by Gasteiger charge is -2.53. The molecule has 11 heterocycles. The molecule has 21 rings (SSSR count). The maximum atomic E-state index is 15.7. The number of aliphatic hydroxyl groups excluding tert-OH is 1. The molecule has 10 aliphatic rings. The van der Waals surface area contributed by atoms with Crippen molar-refractivity contribution in [1.82, 2.24) is 49.3 Å². The van der Waals surface area contributed by atoms with Gasteiger partial charge in [0.2, 0.25) is 0 Å². The average Bonchev–Trinajstić information content (AvgIpc) is 1.61. The highest BCUT2D eigenvalue weighted by Crippen LogP contribution is 2.55. The van der Waals surface area contributed by atoms with E-state index in [4.69, 9.17) is 18.9 Å². The first-order chi connectivity index (χ1) is 66.6. The summed E-state index contributed by atoms with van der Waals surface area (Å²) in [7, 11) is 0. The number of halogens is 10. The second kappa shape index (κ2) is 41.7. The van der Waals surface area contributed by atoms with Crippen molar-refractivity contribution in [2.24, 2.45) is 23.2 Å². The second-order valence-electron chi connectivity index (χ2n) is 43.6. The van der Waals surface area contributed by atoms with Gasteiger partial charge >= 0.3 is 0 Å². The van der Waals surface area contributed by atoms with E-state index in [0.29, 0.717) is 62.3 Å². The van der Waals surface area contributed by atoms with Crippen molar-refractivity contribution in [3.8, 4) is 23.0 Å². The topological polar surface area (TPSA) is 139 Å². The Balaban J connectivity index is 0.000000123. The largest absolute Gasteiger partial charge is 0.492 e. The van der Waals surface area contributed by atoms with E-state index in [0.717, 1.165) is 178 Å². The molecule has 26 heteroatoms. The van der Waals surface area contributed by atoms with E-state index in [1.54, 1.807) is 4.90 Å². The number of benzene rings is 8. The van der Waals surface area contributed by atoms with Gasteiger partial charge in [-0.1, -0.05) is 133 Å². The Kier molecular flexibility index (Phi) is 29.9. The molecule has 3 aromatic heterocycles. The van der Waals surface area contributed by atoms with Crippen LogP contribution in [0.2, 0.25) is 0 Å². The molecule has 0 radical (unpaired) electrons. The smallest absolute Gasteiger partial charge is 0.135 e. The maximum absolute atomic E-state index is 15.7. The molecule has 2 saturated carbocycles. The number of ether oxygens (including phenoxy) is 4. The van der Waals surface area contributed by atoms with E-state index in [2.05, 4.69) is 130 Å². The minimum atomic E-state index is -1.64. The summed E-state index contributed by atoms with van der Waals surface area (Å²) in [5.74, 6) is -0.964. The van der Waals surface area contributed by atoms with Crippen LogP contribution in [0.3, 0.4) is 0 Å². The number of hydrogen-bond acceptors (Lipinski definition) is 13. The van der Waals surface area contributed by atoms with E-state index in [1.165, 1.54) is 99.5 Å². The van der Waals surface area contributed by atoms with Gasteiger partial charge in [-0.3, -0.25) is 38.7 Å². The van der Waals surface area contributed by atoms with Crippen LogP contribution in [0.5, 0.6) is 23.0 Å². The molecule has 8 aromatic carbocycles. The minimum Gasteiger partial charge on any atom is -0.492 e. The van der Waals surface area contributed by atoms with Crippen LogP contribution in [-0.2, 0) is 19.3 Å². The van der Waals surface area contributed by atoms with Crippen molar-refractivity contribution in [3.63, 3.8) is 0 Å². The number of H-pyrrole nitrogens is 3. The summed E-state index contributed by atoms with van der Waals surface area (Å²) in [5.41, 5.74) is 8.50. The lowest BCUT2D eigenvalue weighted by molar-refractivity contribution is -0.00501. The molecular formula is C113H139F10N11O5. The van der Waals surface area contributed by atoms with Crippen molar-refractivity contribution in [3.05, 3.63) is 254 Å². The molecule has 8 aliphatic heterocycles. The molecule has 746 valence electrons.